The van der Waals surface area contributed by atoms with E-state index in [0.29, 0.717) is 12.2 Å². The fourth-order valence-corrected chi connectivity index (χ4v) is 2.59. The monoisotopic (exact) mass is 292 g/mol. The summed E-state index contributed by atoms with van der Waals surface area (Å²) in [4.78, 5) is 22.3. The van der Waals surface area contributed by atoms with Gasteiger partial charge in [0.1, 0.15) is 5.69 Å². The van der Waals surface area contributed by atoms with E-state index in [1.54, 1.807) is 6.20 Å². The van der Waals surface area contributed by atoms with Crippen molar-refractivity contribution < 1.29 is 9.53 Å². The molecule has 1 aromatic heterocycles. The summed E-state index contributed by atoms with van der Waals surface area (Å²) in [6, 6.07) is 0. The van der Waals surface area contributed by atoms with Gasteiger partial charge in [0.05, 0.1) is 18.4 Å². The van der Waals surface area contributed by atoms with E-state index < -0.39 is 0 Å². The summed E-state index contributed by atoms with van der Waals surface area (Å²) in [6.07, 6.45) is 4.97. The third-order valence-corrected chi connectivity index (χ3v) is 3.75. The van der Waals surface area contributed by atoms with Gasteiger partial charge in [-0.15, -0.1) is 0 Å². The minimum atomic E-state index is -0.189. The van der Waals surface area contributed by atoms with Crippen LogP contribution in [0.2, 0.25) is 0 Å². The van der Waals surface area contributed by atoms with Gasteiger partial charge in [0.25, 0.3) is 5.91 Å². The number of nitrogens with zero attached hydrogens (tertiary/aromatic N) is 3. The molecule has 0 bridgehead atoms. The van der Waals surface area contributed by atoms with Crippen molar-refractivity contribution in [2.75, 3.05) is 19.6 Å². The Hall–Kier alpha value is -1.53. The molecule has 0 unspecified atom stereocenters. The number of nitrogens with one attached hydrogen (secondary N) is 1. The molecule has 0 aliphatic carbocycles. The average Bonchev–Trinajstić information content (AvgIpc) is 2.45. The number of amides is 1. The maximum absolute atomic E-state index is 12.0. The van der Waals surface area contributed by atoms with Crippen LogP contribution in [0.15, 0.2) is 18.6 Å². The van der Waals surface area contributed by atoms with Crippen molar-refractivity contribution >= 4 is 5.91 Å². The number of rotatable bonds is 4. The van der Waals surface area contributed by atoms with Crippen LogP contribution in [0.3, 0.4) is 0 Å². The van der Waals surface area contributed by atoms with E-state index in [9.17, 15) is 4.79 Å². The molecule has 1 saturated heterocycles. The first-order valence-electron chi connectivity index (χ1n) is 7.33. The summed E-state index contributed by atoms with van der Waals surface area (Å²) in [5.74, 6) is -0.189. The smallest absolute Gasteiger partial charge is 0.271 e. The molecular formula is C15H24N4O2. The van der Waals surface area contributed by atoms with Crippen LogP contribution >= 0.6 is 0 Å². The van der Waals surface area contributed by atoms with Crippen LogP contribution in [-0.4, -0.2) is 58.2 Å². The second-order valence-electron chi connectivity index (χ2n) is 6.25. The van der Waals surface area contributed by atoms with E-state index in [0.717, 1.165) is 13.1 Å². The summed E-state index contributed by atoms with van der Waals surface area (Å²) < 4.78 is 5.76. The van der Waals surface area contributed by atoms with Gasteiger partial charge in [0, 0.05) is 37.6 Å². The molecule has 1 amide bonds. The Balaban J connectivity index is 1.93. The molecule has 2 rings (SSSR count). The zero-order valence-corrected chi connectivity index (χ0v) is 13.2. The van der Waals surface area contributed by atoms with Gasteiger partial charge in [-0.05, 0) is 27.7 Å². The first kappa shape index (κ1) is 15.9. The van der Waals surface area contributed by atoms with Crippen LogP contribution < -0.4 is 5.32 Å². The van der Waals surface area contributed by atoms with E-state index in [-0.39, 0.29) is 23.7 Å². The lowest BCUT2D eigenvalue weighted by molar-refractivity contribution is -0.0948. The highest BCUT2D eigenvalue weighted by atomic mass is 16.5. The van der Waals surface area contributed by atoms with E-state index in [1.807, 2.05) is 0 Å². The molecule has 0 aromatic carbocycles. The van der Waals surface area contributed by atoms with Crippen LogP contribution in [0, 0.1) is 0 Å². The lowest BCUT2D eigenvalue weighted by Crippen LogP contribution is -2.58. The van der Waals surface area contributed by atoms with E-state index in [4.69, 9.17) is 4.74 Å². The van der Waals surface area contributed by atoms with Gasteiger partial charge in [0.2, 0.25) is 0 Å². The maximum atomic E-state index is 12.0. The maximum Gasteiger partial charge on any atom is 0.271 e. The molecular weight excluding hydrogens is 268 g/mol. The number of hydrogen-bond acceptors (Lipinski definition) is 5. The van der Waals surface area contributed by atoms with Gasteiger partial charge in [-0.25, -0.2) is 4.98 Å². The van der Waals surface area contributed by atoms with Crippen LogP contribution in [0.5, 0.6) is 0 Å². The SMILES string of the molecule is C[C@H]1CN(C(C)(C)CNC(=O)c2cnccn2)C[C@H](C)O1. The molecule has 1 fully saturated rings. The zero-order chi connectivity index (χ0) is 15.5. The molecule has 1 aliphatic heterocycles. The molecule has 116 valence electrons. The molecule has 0 radical (unpaired) electrons. The molecule has 1 N–H and O–H groups in total. The van der Waals surface area contributed by atoms with Gasteiger partial charge < -0.3 is 10.1 Å². The van der Waals surface area contributed by atoms with Crippen molar-refractivity contribution in [1.29, 1.82) is 0 Å². The summed E-state index contributed by atoms with van der Waals surface area (Å²) in [6.45, 7) is 10.7. The van der Waals surface area contributed by atoms with Gasteiger partial charge in [-0.3, -0.25) is 14.7 Å². The Morgan fingerprint density at radius 3 is 2.62 bits per heavy atom. The topological polar surface area (TPSA) is 67.4 Å². The fourth-order valence-electron chi connectivity index (χ4n) is 2.59. The number of carbonyl (C=O) groups excluding carboxylic acids is 1. The molecule has 0 saturated carbocycles. The summed E-state index contributed by atoms with van der Waals surface area (Å²) in [7, 11) is 0. The van der Waals surface area contributed by atoms with E-state index in [1.165, 1.54) is 12.4 Å². The highest BCUT2D eigenvalue weighted by molar-refractivity contribution is 5.91. The molecule has 6 heteroatoms. The molecule has 21 heavy (non-hydrogen) atoms. The van der Waals surface area contributed by atoms with Crippen LogP contribution in [0.25, 0.3) is 0 Å². The normalized spacial score (nSPS) is 23.8. The van der Waals surface area contributed by atoms with Crippen molar-refractivity contribution in [2.24, 2.45) is 0 Å². The largest absolute Gasteiger partial charge is 0.373 e. The number of ether oxygens (including phenoxy) is 1. The fraction of sp³-hybridized carbons (Fsp3) is 0.667. The van der Waals surface area contributed by atoms with Crippen molar-refractivity contribution in [3.8, 4) is 0 Å². The second-order valence-corrected chi connectivity index (χ2v) is 6.25. The summed E-state index contributed by atoms with van der Waals surface area (Å²) >= 11 is 0. The second kappa shape index (κ2) is 6.49. The predicted octanol–water partition coefficient (Wildman–Crippen LogP) is 1.09. The summed E-state index contributed by atoms with van der Waals surface area (Å²) in [5.41, 5.74) is 0.210. The Kier molecular flexibility index (Phi) is 4.90. The zero-order valence-electron chi connectivity index (χ0n) is 13.2. The molecule has 1 aromatic rings. The van der Waals surface area contributed by atoms with E-state index in [2.05, 4.69) is 47.9 Å². The molecule has 2 atom stereocenters. The molecule has 0 spiro atoms. The Bertz CT molecular complexity index is 468. The lowest BCUT2D eigenvalue weighted by atomic mass is 10.00. The lowest BCUT2D eigenvalue weighted by Gasteiger charge is -2.45. The van der Waals surface area contributed by atoms with Crippen molar-refractivity contribution in [2.45, 2.75) is 45.4 Å². The molecule has 2 heterocycles. The van der Waals surface area contributed by atoms with Crippen molar-refractivity contribution in [3.63, 3.8) is 0 Å². The van der Waals surface area contributed by atoms with Gasteiger partial charge >= 0.3 is 0 Å². The average molecular weight is 292 g/mol. The Morgan fingerprint density at radius 1 is 1.38 bits per heavy atom. The molecule has 6 nitrogen and oxygen atoms in total. The van der Waals surface area contributed by atoms with Crippen molar-refractivity contribution in [3.05, 3.63) is 24.3 Å². The summed E-state index contributed by atoms with van der Waals surface area (Å²) in [5, 5.41) is 2.94. The minimum Gasteiger partial charge on any atom is -0.373 e. The predicted molar refractivity (Wildman–Crippen MR) is 80.0 cm³/mol. The first-order chi connectivity index (χ1) is 9.88. The first-order valence-corrected chi connectivity index (χ1v) is 7.33. The quantitative estimate of drug-likeness (QED) is 0.900. The van der Waals surface area contributed by atoms with Gasteiger partial charge in [0.15, 0.2) is 0 Å². The third-order valence-electron chi connectivity index (χ3n) is 3.75. The van der Waals surface area contributed by atoms with Crippen molar-refractivity contribution in [1.82, 2.24) is 20.2 Å². The molecule has 1 aliphatic rings. The third kappa shape index (κ3) is 4.22. The van der Waals surface area contributed by atoms with Crippen LogP contribution in [-0.2, 0) is 4.74 Å². The number of aromatic nitrogens is 2. The minimum absolute atomic E-state index is 0.135. The van der Waals surface area contributed by atoms with E-state index >= 15 is 0 Å². The van der Waals surface area contributed by atoms with Gasteiger partial charge in [-0.2, -0.15) is 0 Å². The van der Waals surface area contributed by atoms with Crippen LogP contribution in [0.1, 0.15) is 38.2 Å². The number of morpholine rings is 1. The highest BCUT2D eigenvalue weighted by Gasteiger charge is 2.33. The number of hydrogen-bond donors (Lipinski definition) is 1. The Morgan fingerprint density at radius 2 is 2.05 bits per heavy atom. The van der Waals surface area contributed by atoms with Gasteiger partial charge in [-0.1, -0.05) is 0 Å². The highest BCUT2D eigenvalue weighted by Crippen LogP contribution is 2.20. The Labute approximate surface area is 125 Å². The van der Waals surface area contributed by atoms with Crippen LogP contribution in [0.4, 0.5) is 0 Å². The standard InChI is InChI=1S/C15H24N4O2/c1-11-8-19(9-12(2)21-11)15(3,4)10-18-14(20)13-7-16-5-6-17-13/h5-7,11-12H,8-10H2,1-4H3,(H,18,20)/t11-,12-/m0/s1. The number of carbonyl (C=O) groups is 1.